The third-order valence-electron chi connectivity index (χ3n) is 3.00. The van der Waals surface area contributed by atoms with Crippen LogP contribution in [0.3, 0.4) is 0 Å². The van der Waals surface area contributed by atoms with E-state index in [1.807, 2.05) is 18.2 Å². The van der Waals surface area contributed by atoms with Gasteiger partial charge in [0.15, 0.2) is 0 Å². The molecule has 112 valence electrons. The summed E-state index contributed by atoms with van der Waals surface area (Å²) in [7, 11) is 0. The molecule has 2 heterocycles. The minimum absolute atomic E-state index is 0.0274. The van der Waals surface area contributed by atoms with Gasteiger partial charge in [-0.2, -0.15) is 0 Å². The first-order valence-corrected chi connectivity index (χ1v) is 6.95. The fourth-order valence-corrected chi connectivity index (χ4v) is 1.91. The molecule has 6 heteroatoms. The first kappa shape index (κ1) is 14.9. The number of amides is 2. The predicted molar refractivity (Wildman–Crippen MR) is 79.1 cm³/mol. The fraction of sp³-hybridized carbons (Fsp3) is 0.333. The van der Waals surface area contributed by atoms with Crippen molar-refractivity contribution in [1.82, 2.24) is 15.2 Å². The van der Waals surface area contributed by atoms with Gasteiger partial charge in [0, 0.05) is 38.3 Å². The van der Waals surface area contributed by atoms with Crippen LogP contribution in [0.2, 0.25) is 0 Å². The maximum atomic E-state index is 11.5. The van der Waals surface area contributed by atoms with E-state index in [1.165, 1.54) is 6.07 Å². The zero-order valence-corrected chi connectivity index (χ0v) is 11.7. The van der Waals surface area contributed by atoms with Gasteiger partial charge in [-0.1, -0.05) is 6.07 Å². The van der Waals surface area contributed by atoms with Crippen molar-refractivity contribution in [3.8, 4) is 0 Å². The molecule has 0 spiro atoms. The average Bonchev–Trinajstić information content (AvgIpc) is 2.98. The van der Waals surface area contributed by atoms with E-state index < -0.39 is 0 Å². The summed E-state index contributed by atoms with van der Waals surface area (Å²) in [5, 5.41) is 5.51. The molecule has 2 aromatic rings. The molecule has 2 amide bonds. The number of nitrogens with zero attached hydrogens (tertiary/aromatic N) is 1. The highest BCUT2D eigenvalue weighted by Gasteiger charge is 2.01. The van der Waals surface area contributed by atoms with Gasteiger partial charge in [-0.05, 0) is 24.6 Å². The highest BCUT2D eigenvalue weighted by molar-refractivity contribution is 5.73. The van der Waals surface area contributed by atoms with Crippen molar-refractivity contribution in [1.29, 1.82) is 0 Å². The number of rotatable bonds is 7. The molecule has 6 nitrogen and oxygen atoms in total. The summed E-state index contributed by atoms with van der Waals surface area (Å²) in [6, 6.07) is 8.54. The zero-order valence-electron chi connectivity index (χ0n) is 11.7. The lowest BCUT2D eigenvalue weighted by Crippen LogP contribution is -2.37. The summed E-state index contributed by atoms with van der Waals surface area (Å²) < 4.78 is 6.79. The lowest BCUT2D eigenvalue weighted by molar-refractivity contribution is 0.240. The van der Waals surface area contributed by atoms with E-state index in [1.54, 1.807) is 23.1 Å². The second kappa shape index (κ2) is 7.94. The Morgan fingerprint density at radius 2 is 2.00 bits per heavy atom. The van der Waals surface area contributed by atoms with Crippen molar-refractivity contribution in [2.75, 3.05) is 13.1 Å². The molecule has 21 heavy (non-hydrogen) atoms. The Hall–Kier alpha value is -2.50. The van der Waals surface area contributed by atoms with Gasteiger partial charge in [0.05, 0.1) is 6.26 Å². The van der Waals surface area contributed by atoms with Crippen LogP contribution in [0.15, 0.2) is 52.0 Å². The number of urea groups is 1. The minimum atomic E-state index is -0.207. The van der Waals surface area contributed by atoms with E-state index in [-0.39, 0.29) is 11.6 Å². The maximum Gasteiger partial charge on any atom is 0.314 e. The number of furan rings is 1. The first-order chi connectivity index (χ1) is 10.3. The predicted octanol–water partition coefficient (Wildman–Crippen LogP) is 1.37. The smallest absolute Gasteiger partial charge is 0.314 e. The largest absolute Gasteiger partial charge is 0.469 e. The number of hydrogen-bond donors (Lipinski definition) is 2. The minimum Gasteiger partial charge on any atom is -0.469 e. The summed E-state index contributed by atoms with van der Waals surface area (Å²) in [5.74, 6) is 0.846. The molecular weight excluding hydrogens is 270 g/mol. The molecule has 0 saturated heterocycles. The topological polar surface area (TPSA) is 76.3 Å². The summed E-state index contributed by atoms with van der Waals surface area (Å²) in [6.45, 7) is 1.64. The molecule has 2 rings (SSSR count). The normalized spacial score (nSPS) is 10.3. The lowest BCUT2D eigenvalue weighted by atomic mass is 10.3. The van der Waals surface area contributed by atoms with E-state index in [0.29, 0.717) is 32.5 Å². The maximum absolute atomic E-state index is 11.5. The van der Waals surface area contributed by atoms with Crippen LogP contribution in [0, 0.1) is 0 Å². The Bertz CT molecular complexity index is 605. The molecule has 0 saturated carbocycles. The third kappa shape index (κ3) is 5.18. The van der Waals surface area contributed by atoms with Gasteiger partial charge >= 0.3 is 6.03 Å². The van der Waals surface area contributed by atoms with Gasteiger partial charge in [-0.15, -0.1) is 0 Å². The molecule has 0 aliphatic rings. The van der Waals surface area contributed by atoms with Crippen LogP contribution in [-0.2, 0) is 13.0 Å². The van der Waals surface area contributed by atoms with Crippen molar-refractivity contribution in [3.05, 3.63) is 58.9 Å². The van der Waals surface area contributed by atoms with E-state index in [4.69, 9.17) is 4.42 Å². The van der Waals surface area contributed by atoms with Gasteiger partial charge in [-0.25, -0.2) is 4.79 Å². The highest BCUT2D eigenvalue weighted by Crippen LogP contribution is 1.99. The van der Waals surface area contributed by atoms with Crippen LogP contribution in [0.1, 0.15) is 12.2 Å². The molecule has 0 fully saturated rings. The zero-order chi connectivity index (χ0) is 14.9. The SMILES string of the molecule is O=C(NCCCn1ccccc1=O)NCCc1ccco1. The number of nitrogens with one attached hydrogen (secondary N) is 2. The second-order valence-electron chi connectivity index (χ2n) is 4.60. The van der Waals surface area contributed by atoms with Crippen molar-refractivity contribution in [2.24, 2.45) is 0 Å². The molecule has 0 aliphatic carbocycles. The van der Waals surface area contributed by atoms with Crippen LogP contribution in [0.25, 0.3) is 0 Å². The monoisotopic (exact) mass is 289 g/mol. The van der Waals surface area contributed by atoms with Crippen molar-refractivity contribution >= 4 is 6.03 Å². The Morgan fingerprint density at radius 1 is 1.14 bits per heavy atom. The van der Waals surface area contributed by atoms with E-state index in [0.717, 1.165) is 5.76 Å². The number of aryl methyl sites for hydroxylation is 1. The Morgan fingerprint density at radius 3 is 2.76 bits per heavy atom. The van der Waals surface area contributed by atoms with E-state index >= 15 is 0 Å². The summed E-state index contributed by atoms with van der Waals surface area (Å²) in [6.07, 6.45) is 4.72. The van der Waals surface area contributed by atoms with Crippen LogP contribution < -0.4 is 16.2 Å². The molecule has 0 atom stereocenters. The number of aromatic nitrogens is 1. The Balaban J connectivity index is 1.57. The molecule has 0 aromatic carbocycles. The van der Waals surface area contributed by atoms with Crippen molar-refractivity contribution in [2.45, 2.75) is 19.4 Å². The lowest BCUT2D eigenvalue weighted by Gasteiger charge is -2.08. The molecule has 0 aliphatic heterocycles. The summed E-state index contributed by atoms with van der Waals surface area (Å²) >= 11 is 0. The molecular formula is C15H19N3O3. The second-order valence-corrected chi connectivity index (χ2v) is 4.60. The van der Waals surface area contributed by atoms with E-state index in [2.05, 4.69) is 10.6 Å². The van der Waals surface area contributed by atoms with Crippen LogP contribution >= 0.6 is 0 Å². The van der Waals surface area contributed by atoms with E-state index in [9.17, 15) is 9.59 Å². The summed E-state index contributed by atoms with van der Waals surface area (Å²) in [4.78, 5) is 23.0. The molecule has 0 radical (unpaired) electrons. The van der Waals surface area contributed by atoms with Gasteiger partial charge in [0.25, 0.3) is 0 Å². The number of carbonyl (C=O) groups excluding carboxylic acids is 1. The molecule has 2 N–H and O–H groups in total. The molecule has 2 aromatic heterocycles. The molecule has 0 bridgehead atoms. The standard InChI is InChI=1S/C15H19N3O3/c19-14-6-1-2-10-18(14)11-4-8-16-15(20)17-9-7-13-5-3-12-21-13/h1-3,5-6,10,12H,4,7-9,11H2,(H2,16,17,20). The number of carbonyl (C=O) groups is 1. The first-order valence-electron chi connectivity index (χ1n) is 6.95. The van der Waals surface area contributed by atoms with Crippen LogP contribution in [0.4, 0.5) is 4.79 Å². The highest BCUT2D eigenvalue weighted by atomic mass is 16.3. The number of hydrogen-bond acceptors (Lipinski definition) is 3. The van der Waals surface area contributed by atoms with Gasteiger partial charge in [0.1, 0.15) is 5.76 Å². The van der Waals surface area contributed by atoms with Gasteiger partial charge in [-0.3, -0.25) is 4.79 Å². The van der Waals surface area contributed by atoms with Crippen LogP contribution in [0.5, 0.6) is 0 Å². The van der Waals surface area contributed by atoms with Gasteiger partial charge < -0.3 is 19.6 Å². The van der Waals surface area contributed by atoms with Crippen molar-refractivity contribution < 1.29 is 9.21 Å². The number of pyridine rings is 1. The van der Waals surface area contributed by atoms with Gasteiger partial charge in [0.2, 0.25) is 5.56 Å². The quantitative estimate of drug-likeness (QED) is 0.756. The average molecular weight is 289 g/mol. The summed E-state index contributed by atoms with van der Waals surface area (Å²) in [5.41, 5.74) is -0.0274. The Labute approximate surface area is 122 Å². The third-order valence-corrected chi connectivity index (χ3v) is 3.00. The molecule has 0 unspecified atom stereocenters. The fourth-order valence-electron chi connectivity index (χ4n) is 1.91. The van der Waals surface area contributed by atoms with Crippen LogP contribution in [-0.4, -0.2) is 23.7 Å². The Kier molecular flexibility index (Phi) is 5.63. The van der Waals surface area contributed by atoms with Crippen molar-refractivity contribution in [3.63, 3.8) is 0 Å².